The second-order valence-electron chi connectivity index (χ2n) is 15.4. The zero-order chi connectivity index (χ0) is 40.0. The Hall–Kier alpha value is -8.00. The fourth-order valence-electron chi connectivity index (χ4n) is 9.31. The van der Waals surface area contributed by atoms with Gasteiger partial charge in [0.1, 0.15) is 5.01 Å². The molecule has 7 heteroatoms. The Balaban J connectivity index is 1.14. The van der Waals surface area contributed by atoms with E-state index in [0.29, 0.717) is 17.6 Å². The fourth-order valence-corrected chi connectivity index (χ4v) is 10.4. The number of para-hydroxylation sites is 2. The van der Waals surface area contributed by atoms with Crippen LogP contribution in [0.15, 0.2) is 194 Å². The second-order valence-corrected chi connectivity index (χ2v) is 16.4. The predicted octanol–water partition coefficient (Wildman–Crippen LogP) is 14.0. The number of rotatable bonds is 5. The molecular formula is C54H32N6S. The standard InChI is InChI=1S/C54H32N6S/c1-3-16-33(17-4-1)51-56-52(34-18-5-2-6-19-34)58-54(57-51)60-46-28-14-12-25-40(46)42-31-30-41-39-24-11-13-27-45(39)59(48(41)49(42)60)47-29-15-26-44-50(47)61-53(55-44)43-32-35-20-7-8-21-36(35)37-22-9-10-23-38(37)43/h1-32H. The molecule has 9 aromatic carbocycles. The molecule has 13 aromatic rings. The van der Waals surface area contributed by atoms with Gasteiger partial charge < -0.3 is 4.57 Å². The Morgan fingerprint density at radius 3 is 1.59 bits per heavy atom. The van der Waals surface area contributed by atoms with Crippen LogP contribution in [-0.4, -0.2) is 29.1 Å². The van der Waals surface area contributed by atoms with E-state index < -0.39 is 0 Å². The van der Waals surface area contributed by atoms with Gasteiger partial charge in [0, 0.05) is 38.2 Å². The van der Waals surface area contributed by atoms with Crippen LogP contribution in [0.3, 0.4) is 0 Å². The minimum Gasteiger partial charge on any atom is -0.306 e. The largest absolute Gasteiger partial charge is 0.306 e. The topological polar surface area (TPSA) is 61.4 Å². The van der Waals surface area contributed by atoms with E-state index in [1.807, 2.05) is 36.4 Å². The van der Waals surface area contributed by atoms with Crippen LogP contribution in [-0.2, 0) is 0 Å². The lowest BCUT2D eigenvalue weighted by Gasteiger charge is -2.13. The van der Waals surface area contributed by atoms with Crippen molar-refractivity contribution < 1.29 is 0 Å². The van der Waals surface area contributed by atoms with Gasteiger partial charge in [-0.2, -0.15) is 9.97 Å². The maximum Gasteiger partial charge on any atom is 0.238 e. The molecule has 0 atom stereocenters. The van der Waals surface area contributed by atoms with Gasteiger partial charge >= 0.3 is 0 Å². The van der Waals surface area contributed by atoms with Gasteiger partial charge in [-0.15, -0.1) is 11.3 Å². The van der Waals surface area contributed by atoms with Gasteiger partial charge in [-0.05, 0) is 51.9 Å². The molecule has 6 nitrogen and oxygen atoms in total. The van der Waals surface area contributed by atoms with Crippen LogP contribution in [0.1, 0.15) is 0 Å². The van der Waals surface area contributed by atoms with E-state index in [4.69, 9.17) is 19.9 Å². The number of thiazole rings is 1. The summed E-state index contributed by atoms with van der Waals surface area (Å²) in [4.78, 5) is 21.0. The first kappa shape index (κ1) is 33.9. The van der Waals surface area contributed by atoms with Gasteiger partial charge in [0.25, 0.3) is 0 Å². The van der Waals surface area contributed by atoms with E-state index in [1.54, 1.807) is 11.3 Å². The minimum absolute atomic E-state index is 0.560. The third-order valence-electron chi connectivity index (χ3n) is 12.0. The van der Waals surface area contributed by atoms with Gasteiger partial charge in [-0.25, -0.2) is 9.97 Å². The van der Waals surface area contributed by atoms with Crippen LogP contribution in [0.2, 0.25) is 0 Å². The summed E-state index contributed by atoms with van der Waals surface area (Å²) in [6.07, 6.45) is 0. The molecule has 0 radical (unpaired) electrons. The highest BCUT2D eigenvalue weighted by Crippen LogP contribution is 2.45. The number of fused-ring (bicyclic) bond motifs is 11. The SMILES string of the molecule is c1ccc(-c2nc(-c3ccccc3)nc(-n3c4ccccc4c4ccc5c6ccccc6n(-c6cccc7nc(-c8cc9ccccc9c9ccccc89)sc67)c5c43)n2)cc1. The fraction of sp³-hybridized carbons (Fsp3) is 0. The molecule has 0 amide bonds. The number of hydrogen-bond donors (Lipinski definition) is 0. The van der Waals surface area contributed by atoms with Crippen molar-refractivity contribution >= 4 is 86.7 Å². The molecule has 0 aliphatic carbocycles. The van der Waals surface area contributed by atoms with E-state index in [2.05, 4.69) is 167 Å². The maximum absolute atomic E-state index is 5.38. The molecule has 284 valence electrons. The Bertz CT molecular complexity index is 3820. The molecule has 4 aromatic heterocycles. The van der Waals surface area contributed by atoms with Crippen molar-refractivity contribution in [3.8, 4) is 45.0 Å². The Kier molecular flexibility index (Phi) is 7.37. The zero-order valence-electron chi connectivity index (χ0n) is 32.6. The second kappa shape index (κ2) is 13.3. The molecule has 0 aliphatic rings. The lowest BCUT2D eigenvalue weighted by Crippen LogP contribution is -2.07. The highest BCUT2D eigenvalue weighted by Gasteiger charge is 2.25. The average Bonchev–Trinajstić information content (AvgIpc) is 4.02. The van der Waals surface area contributed by atoms with Crippen molar-refractivity contribution in [1.29, 1.82) is 0 Å². The molecule has 0 N–H and O–H groups in total. The number of aromatic nitrogens is 6. The number of nitrogens with zero attached hydrogens (tertiary/aromatic N) is 6. The number of benzene rings is 9. The predicted molar refractivity (Wildman–Crippen MR) is 253 cm³/mol. The van der Waals surface area contributed by atoms with Crippen molar-refractivity contribution in [2.24, 2.45) is 0 Å². The first-order valence-corrected chi connectivity index (χ1v) is 21.2. The molecule has 0 fully saturated rings. The molecule has 61 heavy (non-hydrogen) atoms. The van der Waals surface area contributed by atoms with Crippen LogP contribution in [0, 0.1) is 0 Å². The van der Waals surface area contributed by atoms with Crippen LogP contribution < -0.4 is 0 Å². The molecule has 0 unspecified atom stereocenters. The smallest absolute Gasteiger partial charge is 0.238 e. The monoisotopic (exact) mass is 796 g/mol. The normalized spacial score (nSPS) is 11.9. The summed E-state index contributed by atoms with van der Waals surface area (Å²) in [5, 5.41) is 10.4. The van der Waals surface area contributed by atoms with Crippen molar-refractivity contribution in [3.63, 3.8) is 0 Å². The zero-order valence-corrected chi connectivity index (χ0v) is 33.4. The van der Waals surface area contributed by atoms with E-state index in [9.17, 15) is 0 Å². The third-order valence-corrected chi connectivity index (χ3v) is 13.1. The molecule has 4 heterocycles. The summed E-state index contributed by atoms with van der Waals surface area (Å²) in [5.41, 5.74) is 9.28. The highest BCUT2D eigenvalue weighted by atomic mass is 32.1. The van der Waals surface area contributed by atoms with Gasteiger partial charge in [-0.1, -0.05) is 164 Å². The van der Waals surface area contributed by atoms with E-state index in [-0.39, 0.29) is 0 Å². The summed E-state index contributed by atoms with van der Waals surface area (Å²) in [6, 6.07) is 68.4. The highest BCUT2D eigenvalue weighted by molar-refractivity contribution is 7.22. The van der Waals surface area contributed by atoms with Crippen molar-refractivity contribution in [2.75, 3.05) is 0 Å². The molecule has 0 spiro atoms. The first-order chi connectivity index (χ1) is 30.3. The summed E-state index contributed by atoms with van der Waals surface area (Å²) in [6.45, 7) is 0. The summed E-state index contributed by atoms with van der Waals surface area (Å²) in [7, 11) is 0. The van der Waals surface area contributed by atoms with E-state index >= 15 is 0 Å². The van der Waals surface area contributed by atoms with Crippen LogP contribution in [0.4, 0.5) is 0 Å². The average molecular weight is 797 g/mol. The van der Waals surface area contributed by atoms with Crippen molar-refractivity contribution in [1.82, 2.24) is 29.1 Å². The van der Waals surface area contributed by atoms with Gasteiger partial charge in [-0.3, -0.25) is 4.57 Å². The first-order valence-electron chi connectivity index (χ1n) is 20.4. The minimum atomic E-state index is 0.560. The summed E-state index contributed by atoms with van der Waals surface area (Å²) < 4.78 is 5.82. The summed E-state index contributed by atoms with van der Waals surface area (Å²) >= 11 is 1.75. The van der Waals surface area contributed by atoms with Crippen molar-refractivity contribution in [2.45, 2.75) is 0 Å². The Morgan fingerprint density at radius 1 is 0.377 bits per heavy atom. The molecular weight excluding hydrogens is 765 g/mol. The van der Waals surface area contributed by atoms with E-state index in [0.717, 1.165) is 75.8 Å². The molecule has 0 saturated carbocycles. The molecule has 0 saturated heterocycles. The third kappa shape index (κ3) is 5.14. The summed E-state index contributed by atoms with van der Waals surface area (Å²) in [5.74, 6) is 1.79. The van der Waals surface area contributed by atoms with Gasteiger partial charge in [0.15, 0.2) is 11.6 Å². The number of hydrogen-bond acceptors (Lipinski definition) is 5. The van der Waals surface area contributed by atoms with Crippen LogP contribution in [0.25, 0.3) is 120 Å². The van der Waals surface area contributed by atoms with Crippen LogP contribution >= 0.6 is 11.3 Å². The van der Waals surface area contributed by atoms with Crippen molar-refractivity contribution in [3.05, 3.63) is 194 Å². The lowest BCUT2D eigenvalue weighted by atomic mass is 9.97. The lowest BCUT2D eigenvalue weighted by molar-refractivity contribution is 0.953. The van der Waals surface area contributed by atoms with Crippen LogP contribution in [0.5, 0.6) is 0 Å². The molecule has 0 aliphatic heterocycles. The van der Waals surface area contributed by atoms with Gasteiger partial charge in [0.2, 0.25) is 5.95 Å². The quantitative estimate of drug-likeness (QED) is 0.163. The maximum atomic E-state index is 5.38. The molecule has 0 bridgehead atoms. The molecule has 13 rings (SSSR count). The van der Waals surface area contributed by atoms with E-state index in [1.165, 1.54) is 26.9 Å². The Labute approximate surface area is 353 Å². The Morgan fingerprint density at radius 2 is 0.918 bits per heavy atom. The van der Waals surface area contributed by atoms with Gasteiger partial charge in [0.05, 0.1) is 38.0 Å².